The number of thiophene rings is 1. The van der Waals surface area contributed by atoms with Crippen LogP contribution in [0, 0.1) is 0 Å². The summed E-state index contributed by atoms with van der Waals surface area (Å²) in [6.45, 7) is 0.156. The van der Waals surface area contributed by atoms with E-state index in [9.17, 15) is 9.59 Å². The van der Waals surface area contributed by atoms with E-state index in [0.29, 0.717) is 21.0 Å². The van der Waals surface area contributed by atoms with Gasteiger partial charge < -0.3 is 9.73 Å². The highest BCUT2D eigenvalue weighted by Crippen LogP contribution is 2.31. The molecule has 0 atom stereocenters. The largest absolute Gasteiger partial charge is 0.467 e. The number of nitrogens with one attached hydrogen (secondary N) is 1. The Bertz CT molecular complexity index is 1150. The van der Waals surface area contributed by atoms with Crippen LogP contribution >= 0.6 is 22.9 Å². The number of halogens is 1. The van der Waals surface area contributed by atoms with Crippen LogP contribution in [0.5, 0.6) is 0 Å². The average Bonchev–Trinajstić information content (AvgIpc) is 3.33. The van der Waals surface area contributed by atoms with Crippen molar-refractivity contribution in [1.29, 1.82) is 0 Å². The smallest absolute Gasteiger partial charge is 0.263 e. The first-order valence-corrected chi connectivity index (χ1v) is 9.39. The van der Waals surface area contributed by atoms with Crippen molar-refractivity contribution in [3.8, 4) is 11.1 Å². The van der Waals surface area contributed by atoms with Gasteiger partial charge in [0, 0.05) is 16.0 Å². The summed E-state index contributed by atoms with van der Waals surface area (Å²) < 4.78 is 6.49. The van der Waals surface area contributed by atoms with Gasteiger partial charge in [-0.3, -0.25) is 14.2 Å². The quantitative estimate of drug-likeness (QED) is 0.555. The van der Waals surface area contributed by atoms with Gasteiger partial charge >= 0.3 is 0 Å². The molecule has 0 spiro atoms. The number of amides is 1. The third-order valence-corrected chi connectivity index (χ3v) is 5.21. The summed E-state index contributed by atoms with van der Waals surface area (Å²) in [7, 11) is 0. The highest BCUT2D eigenvalue weighted by atomic mass is 35.5. The second-order valence-corrected chi connectivity index (χ2v) is 7.16. The molecule has 3 aromatic heterocycles. The Kier molecular flexibility index (Phi) is 4.79. The predicted molar refractivity (Wildman–Crippen MR) is 105 cm³/mol. The van der Waals surface area contributed by atoms with Gasteiger partial charge in [0.2, 0.25) is 5.91 Å². The highest BCUT2D eigenvalue weighted by molar-refractivity contribution is 7.17. The predicted octanol–water partition coefficient (Wildman–Crippen LogP) is 3.69. The standard InChI is InChI=1S/C19H14ClN3O3S/c20-13-5-3-12(4-6-13)15-10-27-18-17(15)19(25)23(11-22-18)9-16(24)21-8-14-2-1-7-26-14/h1-7,10-11H,8-9H2,(H,21,24). The van der Waals surface area contributed by atoms with Crippen molar-refractivity contribution in [2.45, 2.75) is 13.1 Å². The van der Waals surface area contributed by atoms with Gasteiger partial charge in [-0.2, -0.15) is 0 Å². The molecule has 0 aliphatic rings. The van der Waals surface area contributed by atoms with Crippen LogP contribution in [0.3, 0.4) is 0 Å². The molecule has 4 rings (SSSR count). The van der Waals surface area contributed by atoms with Crippen LogP contribution in [-0.2, 0) is 17.9 Å². The van der Waals surface area contributed by atoms with Crippen LogP contribution in [0.25, 0.3) is 21.3 Å². The zero-order valence-corrected chi connectivity index (χ0v) is 15.6. The molecule has 1 amide bonds. The first kappa shape index (κ1) is 17.5. The molecule has 0 fully saturated rings. The minimum absolute atomic E-state index is 0.113. The molecule has 8 heteroatoms. The molecule has 27 heavy (non-hydrogen) atoms. The molecule has 0 aliphatic carbocycles. The van der Waals surface area contributed by atoms with Crippen molar-refractivity contribution in [1.82, 2.24) is 14.9 Å². The Labute approximate surface area is 163 Å². The van der Waals surface area contributed by atoms with Crippen molar-refractivity contribution < 1.29 is 9.21 Å². The number of nitrogens with zero attached hydrogens (tertiary/aromatic N) is 2. The molecule has 0 aliphatic heterocycles. The Morgan fingerprint density at radius 3 is 2.81 bits per heavy atom. The van der Waals surface area contributed by atoms with Gasteiger partial charge in [0.1, 0.15) is 17.1 Å². The minimum atomic E-state index is -0.294. The normalized spacial score (nSPS) is 11.0. The van der Waals surface area contributed by atoms with E-state index < -0.39 is 0 Å². The number of fused-ring (bicyclic) bond motifs is 1. The average molecular weight is 400 g/mol. The fourth-order valence-corrected chi connectivity index (χ4v) is 3.76. The van der Waals surface area contributed by atoms with E-state index in [1.165, 1.54) is 22.2 Å². The number of furan rings is 1. The van der Waals surface area contributed by atoms with E-state index in [4.69, 9.17) is 16.0 Å². The van der Waals surface area contributed by atoms with Gasteiger partial charge in [-0.15, -0.1) is 11.3 Å². The van der Waals surface area contributed by atoms with Crippen LogP contribution < -0.4 is 10.9 Å². The highest BCUT2D eigenvalue weighted by Gasteiger charge is 2.14. The van der Waals surface area contributed by atoms with Gasteiger partial charge in [-0.25, -0.2) is 4.98 Å². The Morgan fingerprint density at radius 1 is 1.26 bits per heavy atom. The molecule has 6 nitrogen and oxygen atoms in total. The third-order valence-electron chi connectivity index (χ3n) is 4.07. The lowest BCUT2D eigenvalue weighted by Crippen LogP contribution is -2.32. The van der Waals surface area contributed by atoms with Crippen LogP contribution in [0.4, 0.5) is 0 Å². The molecule has 0 bridgehead atoms. The number of hydrogen-bond acceptors (Lipinski definition) is 5. The zero-order chi connectivity index (χ0) is 18.8. The van der Waals surface area contributed by atoms with Crippen molar-refractivity contribution in [3.05, 3.63) is 75.5 Å². The Balaban J connectivity index is 1.61. The van der Waals surface area contributed by atoms with Crippen molar-refractivity contribution >= 4 is 39.1 Å². The number of hydrogen-bond donors (Lipinski definition) is 1. The molecule has 1 aromatic carbocycles. The number of rotatable bonds is 5. The fraction of sp³-hybridized carbons (Fsp3) is 0.105. The van der Waals surface area contributed by atoms with Gasteiger partial charge in [-0.05, 0) is 29.8 Å². The third kappa shape index (κ3) is 3.65. The first-order chi connectivity index (χ1) is 13.1. The summed E-state index contributed by atoms with van der Waals surface area (Å²) in [5, 5.41) is 5.75. The fourth-order valence-electron chi connectivity index (χ4n) is 2.73. The molecule has 4 aromatic rings. The second-order valence-electron chi connectivity index (χ2n) is 5.87. The van der Waals surface area contributed by atoms with Crippen molar-refractivity contribution in [2.24, 2.45) is 0 Å². The summed E-state index contributed by atoms with van der Waals surface area (Å²) in [6.07, 6.45) is 2.94. The molecule has 3 heterocycles. The molecule has 0 saturated carbocycles. The summed E-state index contributed by atoms with van der Waals surface area (Å²) in [5.74, 6) is 0.352. The number of benzene rings is 1. The van der Waals surface area contributed by atoms with E-state index >= 15 is 0 Å². The maximum Gasteiger partial charge on any atom is 0.263 e. The lowest BCUT2D eigenvalue weighted by molar-refractivity contribution is -0.122. The molecule has 0 unspecified atom stereocenters. The number of carbonyl (C=O) groups excluding carboxylic acids is 1. The Hall–Kier alpha value is -2.90. The van der Waals surface area contributed by atoms with E-state index in [2.05, 4.69) is 10.3 Å². The maximum absolute atomic E-state index is 12.9. The van der Waals surface area contributed by atoms with Gasteiger partial charge in [-0.1, -0.05) is 23.7 Å². The molecule has 136 valence electrons. The van der Waals surface area contributed by atoms with Gasteiger partial charge in [0.25, 0.3) is 5.56 Å². The summed E-state index contributed by atoms with van der Waals surface area (Å²) >= 11 is 7.34. The molecule has 1 N–H and O–H groups in total. The van der Waals surface area contributed by atoms with Crippen molar-refractivity contribution in [3.63, 3.8) is 0 Å². The maximum atomic E-state index is 12.9. The van der Waals surface area contributed by atoms with E-state index in [1.54, 1.807) is 30.5 Å². The van der Waals surface area contributed by atoms with Gasteiger partial charge in [0.05, 0.1) is 24.5 Å². The summed E-state index contributed by atoms with van der Waals surface area (Å²) in [4.78, 5) is 30.1. The molecular weight excluding hydrogens is 386 g/mol. The summed E-state index contributed by atoms with van der Waals surface area (Å²) in [5.41, 5.74) is 1.42. The topological polar surface area (TPSA) is 77.1 Å². The van der Waals surface area contributed by atoms with Gasteiger partial charge in [0.15, 0.2) is 0 Å². The van der Waals surface area contributed by atoms with Crippen LogP contribution in [-0.4, -0.2) is 15.5 Å². The van der Waals surface area contributed by atoms with Crippen LogP contribution in [0.1, 0.15) is 5.76 Å². The first-order valence-electron chi connectivity index (χ1n) is 8.13. The summed E-state index contributed by atoms with van der Waals surface area (Å²) in [6, 6.07) is 10.8. The zero-order valence-electron chi connectivity index (χ0n) is 14.0. The molecular formula is C19H14ClN3O3S. The molecule has 0 radical (unpaired) electrons. The number of carbonyl (C=O) groups is 1. The lowest BCUT2D eigenvalue weighted by Gasteiger charge is -2.07. The minimum Gasteiger partial charge on any atom is -0.467 e. The SMILES string of the molecule is O=C(Cn1cnc2scc(-c3ccc(Cl)cc3)c2c1=O)NCc1ccco1. The molecule has 0 saturated heterocycles. The monoisotopic (exact) mass is 399 g/mol. The van der Waals surface area contributed by atoms with E-state index in [1.807, 2.05) is 17.5 Å². The van der Waals surface area contributed by atoms with E-state index in [0.717, 1.165) is 11.1 Å². The second kappa shape index (κ2) is 7.38. The van der Waals surface area contributed by atoms with Crippen LogP contribution in [0.2, 0.25) is 5.02 Å². The number of aromatic nitrogens is 2. The van der Waals surface area contributed by atoms with Crippen LogP contribution in [0.15, 0.2) is 63.6 Å². The Morgan fingerprint density at radius 2 is 2.07 bits per heavy atom. The lowest BCUT2D eigenvalue weighted by atomic mass is 10.1. The van der Waals surface area contributed by atoms with Crippen molar-refractivity contribution in [2.75, 3.05) is 0 Å². The van der Waals surface area contributed by atoms with E-state index in [-0.39, 0.29) is 24.6 Å².